The van der Waals surface area contributed by atoms with Gasteiger partial charge in [-0.15, -0.1) is 0 Å². The number of hydrogen-bond acceptors (Lipinski definition) is 2. The first-order valence-corrected chi connectivity index (χ1v) is 5.06. The first-order valence-electron chi connectivity index (χ1n) is 5.06. The van der Waals surface area contributed by atoms with Gasteiger partial charge in [-0.1, -0.05) is 13.3 Å². The van der Waals surface area contributed by atoms with E-state index in [0.717, 1.165) is 6.42 Å². The van der Waals surface area contributed by atoms with Crippen LogP contribution in [0.15, 0.2) is 18.7 Å². The Hall–Kier alpha value is -1.32. The molecule has 1 amide bonds. The van der Waals surface area contributed by atoms with E-state index in [-0.39, 0.29) is 6.03 Å². The summed E-state index contributed by atoms with van der Waals surface area (Å²) in [6.45, 7) is 2.19. The third-order valence-corrected chi connectivity index (χ3v) is 2.91. The quantitative estimate of drug-likeness (QED) is 0.736. The maximum Gasteiger partial charge on any atom is 0.327 e. The van der Waals surface area contributed by atoms with Crippen LogP contribution in [0.5, 0.6) is 0 Å². The van der Waals surface area contributed by atoms with Crippen LogP contribution < -0.4 is 5.32 Å². The van der Waals surface area contributed by atoms with Crippen LogP contribution in [0.1, 0.15) is 26.2 Å². The fourth-order valence-electron chi connectivity index (χ4n) is 1.97. The molecule has 1 fully saturated rings. The van der Waals surface area contributed by atoms with Gasteiger partial charge in [0.25, 0.3) is 0 Å². The highest BCUT2D eigenvalue weighted by atomic mass is 16.2. The second-order valence-corrected chi connectivity index (χ2v) is 3.93. The van der Waals surface area contributed by atoms with Crippen molar-refractivity contribution in [3.63, 3.8) is 0 Å². The van der Waals surface area contributed by atoms with Gasteiger partial charge < -0.3 is 5.32 Å². The van der Waals surface area contributed by atoms with Crippen molar-refractivity contribution in [1.82, 2.24) is 14.9 Å². The predicted molar refractivity (Wildman–Crippen MR) is 53.0 cm³/mol. The zero-order valence-corrected chi connectivity index (χ0v) is 8.31. The van der Waals surface area contributed by atoms with Crippen molar-refractivity contribution < 1.29 is 4.79 Å². The van der Waals surface area contributed by atoms with Gasteiger partial charge in [-0.3, -0.25) is 4.57 Å². The predicted octanol–water partition coefficient (Wildman–Crippen LogP) is 1.63. The van der Waals surface area contributed by atoms with Crippen molar-refractivity contribution >= 4 is 6.03 Å². The second kappa shape index (κ2) is 3.82. The van der Waals surface area contributed by atoms with Gasteiger partial charge in [0.15, 0.2) is 0 Å². The highest BCUT2D eigenvalue weighted by molar-refractivity contribution is 5.76. The number of aromatic nitrogens is 2. The molecule has 1 heterocycles. The van der Waals surface area contributed by atoms with Gasteiger partial charge in [0.2, 0.25) is 0 Å². The molecule has 2 unspecified atom stereocenters. The summed E-state index contributed by atoms with van der Waals surface area (Å²) in [4.78, 5) is 15.5. The van der Waals surface area contributed by atoms with E-state index in [0.29, 0.717) is 12.0 Å². The molecule has 2 rings (SSSR count). The molecule has 0 bridgehead atoms. The number of nitrogens with one attached hydrogen (secondary N) is 1. The molecule has 0 spiro atoms. The summed E-state index contributed by atoms with van der Waals surface area (Å²) in [5, 5.41) is 3.02. The summed E-state index contributed by atoms with van der Waals surface area (Å²) >= 11 is 0. The van der Waals surface area contributed by atoms with Gasteiger partial charge in [0.05, 0.1) is 0 Å². The van der Waals surface area contributed by atoms with Gasteiger partial charge in [-0.2, -0.15) is 0 Å². The Balaban J connectivity index is 1.95. The maximum absolute atomic E-state index is 11.6. The summed E-state index contributed by atoms with van der Waals surface area (Å²) in [7, 11) is 0. The molecule has 1 N–H and O–H groups in total. The van der Waals surface area contributed by atoms with Crippen molar-refractivity contribution in [2.24, 2.45) is 5.92 Å². The molecule has 0 aliphatic heterocycles. The van der Waals surface area contributed by atoms with Crippen molar-refractivity contribution in [3.05, 3.63) is 18.7 Å². The molecule has 0 aromatic carbocycles. The largest absolute Gasteiger partial charge is 0.334 e. The lowest BCUT2D eigenvalue weighted by Gasteiger charge is -2.16. The van der Waals surface area contributed by atoms with Gasteiger partial charge >= 0.3 is 6.03 Å². The van der Waals surface area contributed by atoms with E-state index in [4.69, 9.17) is 0 Å². The SMILES string of the molecule is CC1CCCC1NC(=O)n1ccnc1. The fourth-order valence-corrected chi connectivity index (χ4v) is 1.97. The van der Waals surface area contributed by atoms with E-state index in [9.17, 15) is 4.79 Å². The Morgan fingerprint density at radius 3 is 3.00 bits per heavy atom. The number of carbonyl (C=O) groups is 1. The Labute approximate surface area is 83.3 Å². The second-order valence-electron chi connectivity index (χ2n) is 3.93. The average molecular weight is 193 g/mol. The van der Waals surface area contributed by atoms with Crippen LogP contribution in [0, 0.1) is 5.92 Å². The zero-order chi connectivity index (χ0) is 9.97. The van der Waals surface area contributed by atoms with Crippen LogP contribution in [0.2, 0.25) is 0 Å². The molecule has 76 valence electrons. The molecular weight excluding hydrogens is 178 g/mol. The molecule has 1 saturated carbocycles. The Kier molecular flexibility index (Phi) is 2.52. The summed E-state index contributed by atoms with van der Waals surface area (Å²) in [5.74, 6) is 0.600. The van der Waals surface area contributed by atoms with Crippen LogP contribution in [-0.4, -0.2) is 21.6 Å². The standard InChI is InChI=1S/C10H15N3O/c1-8-3-2-4-9(8)12-10(14)13-6-5-11-7-13/h5-9H,2-4H2,1H3,(H,12,14). The molecule has 1 aromatic rings. The van der Waals surface area contributed by atoms with E-state index < -0.39 is 0 Å². The van der Waals surface area contributed by atoms with Crippen molar-refractivity contribution in [1.29, 1.82) is 0 Å². The highest BCUT2D eigenvalue weighted by Crippen LogP contribution is 2.24. The summed E-state index contributed by atoms with van der Waals surface area (Å²) in [6, 6.07) is 0.270. The van der Waals surface area contributed by atoms with Crippen LogP contribution in [-0.2, 0) is 0 Å². The number of nitrogens with zero attached hydrogens (tertiary/aromatic N) is 2. The molecule has 2 atom stereocenters. The molecule has 0 saturated heterocycles. The highest BCUT2D eigenvalue weighted by Gasteiger charge is 2.24. The average Bonchev–Trinajstić information content (AvgIpc) is 2.77. The van der Waals surface area contributed by atoms with Crippen molar-refractivity contribution in [3.8, 4) is 0 Å². The van der Waals surface area contributed by atoms with Gasteiger partial charge in [0.1, 0.15) is 6.33 Å². The topological polar surface area (TPSA) is 46.9 Å². The van der Waals surface area contributed by atoms with Crippen LogP contribution in [0.25, 0.3) is 0 Å². The number of imidazole rings is 1. The van der Waals surface area contributed by atoms with Crippen LogP contribution in [0.4, 0.5) is 4.79 Å². The number of rotatable bonds is 1. The van der Waals surface area contributed by atoms with E-state index in [2.05, 4.69) is 17.2 Å². The van der Waals surface area contributed by atoms with Crippen molar-refractivity contribution in [2.45, 2.75) is 32.2 Å². The lowest BCUT2D eigenvalue weighted by molar-refractivity contribution is 0.235. The Morgan fingerprint density at radius 1 is 1.57 bits per heavy atom. The van der Waals surface area contributed by atoms with Crippen LogP contribution >= 0.6 is 0 Å². The van der Waals surface area contributed by atoms with E-state index in [1.165, 1.54) is 23.7 Å². The minimum Gasteiger partial charge on any atom is -0.334 e. The van der Waals surface area contributed by atoms with Crippen molar-refractivity contribution in [2.75, 3.05) is 0 Å². The summed E-state index contributed by atoms with van der Waals surface area (Å²) < 4.78 is 1.48. The third-order valence-electron chi connectivity index (χ3n) is 2.91. The molecule has 1 aromatic heterocycles. The van der Waals surface area contributed by atoms with E-state index >= 15 is 0 Å². The van der Waals surface area contributed by atoms with Crippen LogP contribution in [0.3, 0.4) is 0 Å². The van der Waals surface area contributed by atoms with E-state index in [1.807, 2.05) is 0 Å². The summed E-state index contributed by atoms with van der Waals surface area (Å²) in [6.07, 6.45) is 8.33. The third kappa shape index (κ3) is 1.78. The first kappa shape index (κ1) is 9.24. The lowest BCUT2D eigenvalue weighted by atomic mass is 10.1. The Bertz CT molecular complexity index is 307. The lowest BCUT2D eigenvalue weighted by Crippen LogP contribution is -2.38. The number of hydrogen-bond donors (Lipinski definition) is 1. The molecule has 4 nitrogen and oxygen atoms in total. The van der Waals surface area contributed by atoms with E-state index in [1.54, 1.807) is 12.4 Å². The molecule has 1 aliphatic carbocycles. The Morgan fingerprint density at radius 2 is 2.43 bits per heavy atom. The fraction of sp³-hybridized carbons (Fsp3) is 0.600. The smallest absolute Gasteiger partial charge is 0.327 e. The molecule has 14 heavy (non-hydrogen) atoms. The molecule has 0 radical (unpaired) electrons. The molecular formula is C10H15N3O. The van der Waals surface area contributed by atoms with Gasteiger partial charge in [-0.05, 0) is 18.8 Å². The number of carbonyl (C=O) groups excluding carboxylic acids is 1. The normalized spacial score (nSPS) is 26.4. The molecule has 1 aliphatic rings. The minimum atomic E-state index is -0.0683. The first-order chi connectivity index (χ1) is 6.77. The number of amides is 1. The van der Waals surface area contributed by atoms with Gasteiger partial charge in [0, 0.05) is 18.4 Å². The zero-order valence-electron chi connectivity index (χ0n) is 8.31. The van der Waals surface area contributed by atoms with Gasteiger partial charge in [-0.25, -0.2) is 9.78 Å². The minimum absolute atomic E-state index is 0.0683. The monoisotopic (exact) mass is 193 g/mol. The summed E-state index contributed by atoms with van der Waals surface area (Å²) in [5.41, 5.74) is 0. The molecule has 4 heteroatoms. The maximum atomic E-state index is 11.6.